The van der Waals surface area contributed by atoms with E-state index in [0.717, 1.165) is 26.5 Å². The van der Waals surface area contributed by atoms with Gasteiger partial charge in [-0.05, 0) is 40.8 Å². The van der Waals surface area contributed by atoms with Crippen LogP contribution in [0.4, 0.5) is 0 Å². The van der Waals surface area contributed by atoms with Crippen molar-refractivity contribution >= 4 is 50.5 Å². The average Bonchev–Trinajstić information content (AvgIpc) is 2.43. The van der Waals surface area contributed by atoms with Gasteiger partial charge in [-0.3, -0.25) is 0 Å². The number of hydrogen-bond donors (Lipinski definition) is 0. The normalized spacial score (nSPS) is 13.6. The molecule has 0 saturated carbocycles. The molecule has 0 radical (unpaired) electrons. The van der Waals surface area contributed by atoms with Crippen molar-refractivity contribution in [3.8, 4) is 0 Å². The molecular formula is C10H13BrCl2S. The van der Waals surface area contributed by atoms with Crippen LogP contribution in [0.3, 0.4) is 0 Å². The summed E-state index contributed by atoms with van der Waals surface area (Å²) in [6, 6.07) is 1.95. The van der Waals surface area contributed by atoms with Crippen molar-refractivity contribution in [1.29, 1.82) is 0 Å². The highest BCUT2D eigenvalue weighted by Crippen LogP contribution is 2.39. The highest BCUT2D eigenvalue weighted by molar-refractivity contribution is 9.11. The minimum atomic E-state index is 0.103. The lowest BCUT2D eigenvalue weighted by atomic mass is 10.1. The minimum absolute atomic E-state index is 0.103. The Balaban J connectivity index is 2.56. The van der Waals surface area contributed by atoms with Crippen molar-refractivity contribution in [2.75, 3.05) is 0 Å². The summed E-state index contributed by atoms with van der Waals surface area (Å²) in [5.74, 6) is 0.704. The topological polar surface area (TPSA) is 0 Å². The van der Waals surface area contributed by atoms with Crippen molar-refractivity contribution < 1.29 is 0 Å². The first-order chi connectivity index (χ1) is 6.50. The Morgan fingerprint density at radius 3 is 2.50 bits per heavy atom. The zero-order chi connectivity index (χ0) is 10.7. The summed E-state index contributed by atoms with van der Waals surface area (Å²) < 4.78 is 0.976. The molecule has 14 heavy (non-hydrogen) atoms. The predicted octanol–water partition coefficient (Wildman–Crippen LogP) is 5.88. The first-order valence-electron chi connectivity index (χ1n) is 4.59. The first-order valence-corrected chi connectivity index (χ1v) is 7.02. The van der Waals surface area contributed by atoms with Gasteiger partial charge in [-0.25, -0.2) is 0 Å². The Bertz CT molecular complexity index is 277. The van der Waals surface area contributed by atoms with Gasteiger partial charge in [-0.2, -0.15) is 0 Å². The van der Waals surface area contributed by atoms with E-state index in [-0.39, 0.29) is 5.38 Å². The van der Waals surface area contributed by atoms with Crippen molar-refractivity contribution in [2.45, 2.75) is 32.1 Å². The Kier molecular flexibility index (Phi) is 5.26. The number of hydrogen-bond acceptors (Lipinski definition) is 1. The van der Waals surface area contributed by atoms with Gasteiger partial charge in [0.15, 0.2) is 0 Å². The number of rotatable bonds is 4. The van der Waals surface area contributed by atoms with Gasteiger partial charge in [-0.15, -0.1) is 22.9 Å². The van der Waals surface area contributed by atoms with E-state index < -0.39 is 0 Å². The van der Waals surface area contributed by atoms with Crippen LogP contribution >= 0.6 is 50.5 Å². The van der Waals surface area contributed by atoms with Crippen LogP contribution in [-0.2, 0) is 0 Å². The zero-order valence-corrected chi connectivity index (χ0v) is 12.1. The zero-order valence-electron chi connectivity index (χ0n) is 8.19. The van der Waals surface area contributed by atoms with E-state index in [9.17, 15) is 0 Å². The molecule has 0 amide bonds. The van der Waals surface area contributed by atoms with Gasteiger partial charge in [0.05, 0.1) is 14.2 Å². The number of alkyl halides is 1. The summed E-state index contributed by atoms with van der Waals surface area (Å²) in [7, 11) is 0. The van der Waals surface area contributed by atoms with Crippen LogP contribution in [0.25, 0.3) is 0 Å². The van der Waals surface area contributed by atoms with Crippen molar-refractivity contribution in [3.05, 3.63) is 19.8 Å². The highest BCUT2D eigenvalue weighted by Gasteiger charge is 2.13. The van der Waals surface area contributed by atoms with Crippen molar-refractivity contribution in [1.82, 2.24) is 0 Å². The largest absolute Gasteiger partial charge is 0.130 e. The van der Waals surface area contributed by atoms with Gasteiger partial charge in [0.2, 0.25) is 0 Å². The fourth-order valence-electron chi connectivity index (χ4n) is 1.14. The molecule has 1 heterocycles. The van der Waals surface area contributed by atoms with Gasteiger partial charge in [0.25, 0.3) is 0 Å². The van der Waals surface area contributed by atoms with Crippen molar-refractivity contribution in [3.63, 3.8) is 0 Å². The second kappa shape index (κ2) is 5.74. The van der Waals surface area contributed by atoms with Crippen molar-refractivity contribution in [2.24, 2.45) is 5.92 Å². The molecule has 0 bridgehead atoms. The highest BCUT2D eigenvalue weighted by atomic mass is 79.9. The van der Waals surface area contributed by atoms with Crippen LogP contribution in [-0.4, -0.2) is 0 Å². The van der Waals surface area contributed by atoms with Gasteiger partial charge >= 0.3 is 0 Å². The number of halogens is 3. The quantitative estimate of drug-likeness (QED) is 0.608. The second-order valence-corrected chi connectivity index (χ2v) is 7.04. The van der Waals surface area contributed by atoms with Crippen LogP contribution < -0.4 is 0 Å². The molecule has 1 rings (SSSR count). The molecule has 80 valence electrons. The molecule has 0 aliphatic carbocycles. The average molecular weight is 316 g/mol. The molecule has 0 aliphatic heterocycles. The maximum Gasteiger partial charge on any atom is 0.0887 e. The molecular weight excluding hydrogens is 303 g/mol. The standard InChI is InChI=1S/C10H13BrCl2S/c1-6(2)3-4-7(12)9-5-8(13)10(11)14-9/h5-7H,3-4H2,1-2H3. The summed E-state index contributed by atoms with van der Waals surface area (Å²) in [6.07, 6.45) is 2.17. The monoisotopic (exact) mass is 314 g/mol. The van der Waals surface area contributed by atoms with Crippen LogP contribution in [0.5, 0.6) is 0 Å². The van der Waals surface area contributed by atoms with Gasteiger partial charge in [0.1, 0.15) is 0 Å². The molecule has 0 saturated heterocycles. The fraction of sp³-hybridized carbons (Fsp3) is 0.600. The molecule has 0 aromatic carbocycles. The molecule has 1 aromatic rings. The third-order valence-corrected chi connectivity index (χ3v) is 5.14. The summed E-state index contributed by atoms with van der Waals surface area (Å²) in [5, 5.41) is 0.867. The van der Waals surface area contributed by atoms with E-state index in [0.29, 0.717) is 5.92 Å². The Morgan fingerprint density at radius 2 is 2.07 bits per heavy atom. The summed E-state index contributed by atoms with van der Waals surface area (Å²) in [4.78, 5) is 1.16. The van der Waals surface area contributed by atoms with E-state index in [2.05, 4.69) is 29.8 Å². The van der Waals surface area contributed by atoms with Gasteiger partial charge in [-0.1, -0.05) is 25.4 Å². The van der Waals surface area contributed by atoms with E-state index in [4.69, 9.17) is 23.2 Å². The maximum atomic E-state index is 6.27. The van der Waals surface area contributed by atoms with E-state index in [1.807, 2.05) is 6.07 Å². The van der Waals surface area contributed by atoms with Gasteiger partial charge < -0.3 is 0 Å². The molecule has 1 atom stereocenters. The maximum absolute atomic E-state index is 6.27. The smallest absolute Gasteiger partial charge is 0.0887 e. The molecule has 0 nitrogen and oxygen atoms in total. The van der Waals surface area contributed by atoms with Crippen LogP contribution in [0.1, 0.15) is 36.9 Å². The lowest BCUT2D eigenvalue weighted by Crippen LogP contribution is -1.92. The molecule has 4 heteroatoms. The fourth-order valence-corrected chi connectivity index (χ4v) is 3.22. The SMILES string of the molecule is CC(C)CCC(Cl)c1cc(Cl)c(Br)s1. The Labute approximate surface area is 108 Å². The first kappa shape index (κ1) is 12.8. The van der Waals surface area contributed by atoms with E-state index >= 15 is 0 Å². The second-order valence-electron chi connectivity index (χ2n) is 3.71. The summed E-state index contributed by atoms with van der Waals surface area (Å²) in [5.41, 5.74) is 0. The van der Waals surface area contributed by atoms with E-state index in [1.54, 1.807) is 11.3 Å². The molecule has 1 aromatic heterocycles. The molecule has 0 aliphatic rings. The van der Waals surface area contributed by atoms with E-state index in [1.165, 1.54) is 0 Å². The van der Waals surface area contributed by atoms with Gasteiger partial charge in [0, 0.05) is 4.88 Å². The molecule has 1 unspecified atom stereocenters. The van der Waals surface area contributed by atoms with Crippen LogP contribution in [0.15, 0.2) is 9.85 Å². The Morgan fingerprint density at radius 1 is 1.43 bits per heavy atom. The minimum Gasteiger partial charge on any atom is -0.130 e. The van der Waals surface area contributed by atoms with Crippen LogP contribution in [0.2, 0.25) is 5.02 Å². The molecule has 0 N–H and O–H groups in total. The predicted molar refractivity (Wildman–Crippen MR) is 69.7 cm³/mol. The summed E-state index contributed by atoms with van der Waals surface area (Å²) >= 11 is 17.2. The molecule has 0 spiro atoms. The van der Waals surface area contributed by atoms with Crippen LogP contribution in [0, 0.1) is 5.92 Å². The lowest BCUT2D eigenvalue weighted by Gasteiger charge is -2.08. The number of thiophene rings is 1. The third-order valence-electron chi connectivity index (χ3n) is 1.97. The molecule has 0 fully saturated rings. The third kappa shape index (κ3) is 3.73. The Hall–Kier alpha value is 0.760. The lowest BCUT2D eigenvalue weighted by molar-refractivity contribution is 0.551. The summed E-state index contributed by atoms with van der Waals surface area (Å²) in [6.45, 7) is 4.42.